The molecule has 0 aliphatic carbocycles. The van der Waals surface area contributed by atoms with Gasteiger partial charge in [-0.25, -0.2) is 4.98 Å². The Balaban J connectivity index is 1.94. The highest BCUT2D eigenvalue weighted by Gasteiger charge is 2.26. The summed E-state index contributed by atoms with van der Waals surface area (Å²) in [5.74, 6) is -0.448. The van der Waals surface area contributed by atoms with Gasteiger partial charge in [0.05, 0.1) is 15.8 Å². The lowest BCUT2D eigenvalue weighted by molar-refractivity contribution is 0.100. The summed E-state index contributed by atoms with van der Waals surface area (Å²) < 4.78 is 0.963. The normalized spacial score (nSPS) is 19.1. The molecular formula is C14H17N4OS. The first-order valence-electron chi connectivity index (χ1n) is 6.58. The SMILES string of the molecule is CN(C)C1CCN(c2nc3c(C(N)=O)c[c]cc3s2)C1. The van der Waals surface area contributed by atoms with Crippen molar-refractivity contribution in [2.45, 2.75) is 12.5 Å². The number of hydrogen-bond acceptors (Lipinski definition) is 5. The predicted octanol–water partition coefficient (Wildman–Crippen LogP) is 1.34. The highest BCUT2D eigenvalue weighted by molar-refractivity contribution is 7.22. The van der Waals surface area contributed by atoms with Gasteiger partial charge in [-0.1, -0.05) is 11.3 Å². The molecule has 1 aliphatic rings. The van der Waals surface area contributed by atoms with Crippen LogP contribution in [0.25, 0.3) is 10.2 Å². The molecular weight excluding hydrogens is 272 g/mol. The lowest BCUT2D eigenvalue weighted by Crippen LogP contribution is -2.31. The Hall–Kier alpha value is -1.66. The Labute approximate surface area is 122 Å². The van der Waals surface area contributed by atoms with E-state index in [0.717, 1.165) is 29.3 Å². The maximum atomic E-state index is 11.4. The van der Waals surface area contributed by atoms with Crippen LogP contribution in [0, 0.1) is 6.07 Å². The van der Waals surface area contributed by atoms with Gasteiger partial charge in [0.1, 0.15) is 0 Å². The molecule has 2 heterocycles. The Morgan fingerprint density at radius 3 is 3.00 bits per heavy atom. The zero-order valence-corrected chi connectivity index (χ0v) is 12.4. The molecule has 0 bridgehead atoms. The van der Waals surface area contributed by atoms with E-state index in [1.54, 1.807) is 17.4 Å². The fourth-order valence-corrected chi connectivity index (χ4v) is 3.55. The molecule has 1 fully saturated rings. The first kappa shape index (κ1) is 13.3. The molecule has 5 nitrogen and oxygen atoms in total. The monoisotopic (exact) mass is 289 g/mol. The van der Waals surface area contributed by atoms with E-state index in [1.165, 1.54) is 0 Å². The molecule has 20 heavy (non-hydrogen) atoms. The molecule has 3 rings (SSSR count). The van der Waals surface area contributed by atoms with Crippen molar-refractivity contribution in [3.63, 3.8) is 0 Å². The second kappa shape index (κ2) is 5.03. The number of nitrogens with two attached hydrogens (primary N) is 1. The summed E-state index contributed by atoms with van der Waals surface area (Å²) in [6, 6.07) is 6.99. The average molecular weight is 289 g/mol. The number of rotatable bonds is 3. The van der Waals surface area contributed by atoms with Crippen molar-refractivity contribution in [3.05, 3.63) is 23.8 Å². The lowest BCUT2D eigenvalue weighted by atomic mass is 10.2. The maximum Gasteiger partial charge on any atom is 0.250 e. The number of anilines is 1. The minimum Gasteiger partial charge on any atom is -0.366 e. The summed E-state index contributed by atoms with van der Waals surface area (Å²) in [5.41, 5.74) is 6.54. The van der Waals surface area contributed by atoms with Gasteiger partial charge < -0.3 is 15.5 Å². The third kappa shape index (κ3) is 2.25. The van der Waals surface area contributed by atoms with Crippen LogP contribution < -0.4 is 10.6 Å². The van der Waals surface area contributed by atoms with Crippen molar-refractivity contribution in [1.29, 1.82) is 0 Å². The molecule has 1 atom stereocenters. The highest BCUT2D eigenvalue weighted by atomic mass is 32.1. The quantitative estimate of drug-likeness (QED) is 0.926. The summed E-state index contributed by atoms with van der Waals surface area (Å²) >= 11 is 1.60. The molecule has 1 amide bonds. The number of fused-ring (bicyclic) bond motifs is 1. The number of primary amides is 1. The number of hydrogen-bond donors (Lipinski definition) is 1. The standard InChI is InChI=1S/C14H17N4OS/c1-17(2)9-6-7-18(8-9)14-16-12-10(13(15)19)4-3-5-11(12)20-14/h4-5,9H,6-8H2,1-2H3,(H2,15,19). The number of likely N-dealkylation sites (N-methyl/N-ethyl adjacent to an activating group) is 1. The van der Waals surface area contributed by atoms with Gasteiger partial charge >= 0.3 is 0 Å². The number of carbonyl (C=O) groups is 1. The molecule has 1 saturated heterocycles. The molecule has 2 N–H and O–H groups in total. The van der Waals surface area contributed by atoms with E-state index < -0.39 is 5.91 Å². The number of carbonyl (C=O) groups excluding carboxylic acids is 1. The van der Waals surface area contributed by atoms with Crippen LogP contribution in [0.5, 0.6) is 0 Å². The molecule has 2 aromatic rings. The fourth-order valence-electron chi connectivity index (χ4n) is 2.54. The lowest BCUT2D eigenvalue weighted by Gasteiger charge is -2.19. The van der Waals surface area contributed by atoms with E-state index in [1.807, 2.05) is 6.07 Å². The number of thiazole rings is 1. The Morgan fingerprint density at radius 1 is 1.55 bits per heavy atom. The average Bonchev–Trinajstić information content (AvgIpc) is 3.04. The summed E-state index contributed by atoms with van der Waals surface area (Å²) in [4.78, 5) is 20.6. The molecule has 6 heteroatoms. The summed E-state index contributed by atoms with van der Waals surface area (Å²) in [6.45, 7) is 1.97. The van der Waals surface area contributed by atoms with Gasteiger partial charge in [-0.3, -0.25) is 4.79 Å². The summed E-state index contributed by atoms with van der Waals surface area (Å²) in [7, 11) is 4.21. The fraction of sp³-hybridized carbons (Fsp3) is 0.429. The Morgan fingerprint density at radius 2 is 2.35 bits per heavy atom. The van der Waals surface area contributed by atoms with Crippen LogP contribution in [0.4, 0.5) is 5.13 Å². The largest absolute Gasteiger partial charge is 0.366 e. The second-order valence-electron chi connectivity index (χ2n) is 5.29. The predicted molar refractivity (Wildman–Crippen MR) is 81.3 cm³/mol. The van der Waals surface area contributed by atoms with E-state index in [2.05, 4.69) is 34.9 Å². The minimum atomic E-state index is -0.448. The number of aromatic nitrogens is 1. The molecule has 1 unspecified atom stereocenters. The molecule has 1 aliphatic heterocycles. The number of benzene rings is 1. The first-order valence-corrected chi connectivity index (χ1v) is 7.39. The van der Waals surface area contributed by atoms with Gasteiger partial charge in [0, 0.05) is 19.1 Å². The van der Waals surface area contributed by atoms with Crippen molar-refractivity contribution in [3.8, 4) is 0 Å². The first-order chi connectivity index (χ1) is 9.56. The second-order valence-corrected chi connectivity index (χ2v) is 6.30. The van der Waals surface area contributed by atoms with Gasteiger partial charge in [-0.2, -0.15) is 0 Å². The molecule has 0 spiro atoms. The number of nitrogens with zero attached hydrogens (tertiary/aromatic N) is 3. The van der Waals surface area contributed by atoms with Crippen LogP contribution in [0.1, 0.15) is 16.8 Å². The van der Waals surface area contributed by atoms with Gasteiger partial charge in [0.15, 0.2) is 5.13 Å². The van der Waals surface area contributed by atoms with E-state index in [0.29, 0.717) is 17.1 Å². The molecule has 0 saturated carbocycles. The Kier molecular flexibility index (Phi) is 3.35. The van der Waals surface area contributed by atoms with E-state index in [4.69, 9.17) is 5.73 Å². The summed E-state index contributed by atoms with van der Waals surface area (Å²) in [5, 5.41) is 0.964. The van der Waals surface area contributed by atoms with Gasteiger partial charge in [0.25, 0.3) is 5.91 Å². The zero-order chi connectivity index (χ0) is 14.3. The van der Waals surface area contributed by atoms with Crippen LogP contribution in [-0.4, -0.2) is 49.0 Å². The van der Waals surface area contributed by atoms with Gasteiger partial charge in [-0.15, -0.1) is 0 Å². The zero-order valence-electron chi connectivity index (χ0n) is 11.6. The van der Waals surface area contributed by atoms with Crippen molar-refractivity contribution < 1.29 is 4.79 Å². The third-order valence-corrected chi connectivity index (χ3v) is 4.83. The van der Waals surface area contributed by atoms with Crippen molar-refractivity contribution in [2.24, 2.45) is 5.73 Å². The molecule has 1 aromatic carbocycles. The van der Waals surface area contributed by atoms with Crippen LogP contribution >= 0.6 is 11.3 Å². The van der Waals surface area contributed by atoms with Crippen LogP contribution in [0.3, 0.4) is 0 Å². The van der Waals surface area contributed by atoms with Crippen LogP contribution in [-0.2, 0) is 0 Å². The van der Waals surface area contributed by atoms with Crippen LogP contribution in [0.2, 0.25) is 0 Å². The number of amides is 1. The van der Waals surface area contributed by atoms with E-state index in [9.17, 15) is 4.79 Å². The van der Waals surface area contributed by atoms with E-state index >= 15 is 0 Å². The highest BCUT2D eigenvalue weighted by Crippen LogP contribution is 2.32. The molecule has 1 aromatic heterocycles. The van der Waals surface area contributed by atoms with Gasteiger partial charge in [0.2, 0.25) is 0 Å². The topological polar surface area (TPSA) is 62.5 Å². The van der Waals surface area contributed by atoms with Crippen molar-refractivity contribution >= 4 is 32.6 Å². The molecule has 1 radical (unpaired) electrons. The molecule has 105 valence electrons. The smallest absolute Gasteiger partial charge is 0.250 e. The van der Waals surface area contributed by atoms with Gasteiger partial charge in [-0.05, 0) is 38.7 Å². The van der Waals surface area contributed by atoms with Crippen molar-refractivity contribution in [1.82, 2.24) is 9.88 Å². The van der Waals surface area contributed by atoms with Crippen molar-refractivity contribution in [2.75, 3.05) is 32.1 Å². The maximum absolute atomic E-state index is 11.4. The minimum absolute atomic E-state index is 0.448. The summed E-state index contributed by atoms with van der Waals surface area (Å²) in [6.07, 6.45) is 1.14. The van der Waals surface area contributed by atoms with E-state index in [-0.39, 0.29) is 0 Å². The third-order valence-electron chi connectivity index (χ3n) is 3.77. The Bertz CT molecular complexity index is 652. The van der Waals surface area contributed by atoms with Crippen LogP contribution in [0.15, 0.2) is 12.1 Å².